The number of oxazole rings is 1. The maximum atomic E-state index is 10.8. The number of fused-ring (bicyclic) bond motifs is 1. The van der Waals surface area contributed by atoms with Crippen molar-refractivity contribution in [1.29, 1.82) is 0 Å². The van der Waals surface area contributed by atoms with E-state index >= 15 is 0 Å². The molecule has 3 rings (SSSR count). The average Bonchev–Trinajstić information content (AvgIpc) is 2.84. The Balaban J connectivity index is 2.26. The Morgan fingerprint density at radius 3 is 2.81 bits per heavy atom. The van der Waals surface area contributed by atoms with Gasteiger partial charge in [-0.1, -0.05) is 12.1 Å². The summed E-state index contributed by atoms with van der Waals surface area (Å²) in [5.74, 6) is -0.378. The number of aromatic amines is 1. The van der Waals surface area contributed by atoms with Crippen LogP contribution in [0.4, 0.5) is 0 Å². The minimum absolute atomic E-state index is 0.0561. The Morgan fingerprint density at radius 1 is 1.25 bits per heavy atom. The van der Waals surface area contributed by atoms with E-state index in [4.69, 9.17) is 8.83 Å². The molecule has 16 heavy (non-hydrogen) atoms. The molecule has 0 unspecified atom stereocenters. The Hall–Kier alpha value is -2.37. The number of hydrogen-bond donors (Lipinski definition) is 1. The van der Waals surface area contributed by atoms with Crippen LogP contribution in [0.5, 0.6) is 0 Å². The van der Waals surface area contributed by atoms with Crippen LogP contribution in [0.2, 0.25) is 0 Å². The smallest absolute Gasteiger partial charge is 0.432 e. The summed E-state index contributed by atoms with van der Waals surface area (Å²) >= 11 is 0. The molecule has 0 bridgehead atoms. The lowest BCUT2D eigenvalue weighted by Gasteiger charge is -1.88. The quantitative estimate of drug-likeness (QED) is 0.667. The van der Waals surface area contributed by atoms with Gasteiger partial charge in [-0.05, 0) is 18.6 Å². The van der Waals surface area contributed by atoms with E-state index in [1.54, 1.807) is 6.07 Å². The summed E-state index contributed by atoms with van der Waals surface area (Å²) in [6, 6.07) is 5.59. The number of nitrogens with zero attached hydrogens (tertiary/aromatic N) is 2. The molecule has 2 heterocycles. The van der Waals surface area contributed by atoms with Crippen LogP contribution < -0.4 is 5.76 Å². The van der Waals surface area contributed by atoms with Crippen molar-refractivity contribution in [2.75, 3.05) is 0 Å². The first-order valence-electron chi connectivity index (χ1n) is 4.66. The highest BCUT2D eigenvalue weighted by molar-refractivity contribution is 5.78. The monoisotopic (exact) mass is 217 g/mol. The number of hydrogen-bond acceptors (Lipinski definition) is 5. The summed E-state index contributed by atoms with van der Waals surface area (Å²) in [6.07, 6.45) is 0. The molecule has 6 heteroatoms. The number of para-hydroxylation sites is 1. The van der Waals surface area contributed by atoms with Crippen LogP contribution in [0.15, 0.2) is 31.8 Å². The lowest BCUT2D eigenvalue weighted by molar-refractivity contribution is 0.497. The standard InChI is InChI=1S/C10H7N3O3/c1-5-3-2-4-6-7(5)11-8(15-6)9-12-13-10(14)16-9/h2-4H,1H3,(H,13,14). The molecule has 0 aliphatic rings. The zero-order valence-electron chi connectivity index (χ0n) is 8.35. The Kier molecular flexibility index (Phi) is 1.70. The summed E-state index contributed by atoms with van der Waals surface area (Å²) in [7, 11) is 0. The molecular formula is C10H7N3O3. The maximum absolute atomic E-state index is 10.8. The molecule has 6 nitrogen and oxygen atoms in total. The fraction of sp³-hybridized carbons (Fsp3) is 0.100. The highest BCUT2D eigenvalue weighted by Gasteiger charge is 2.14. The van der Waals surface area contributed by atoms with Crippen molar-refractivity contribution in [3.05, 3.63) is 34.3 Å². The number of rotatable bonds is 1. The number of aryl methyl sites for hydroxylation is 1. The van der Waals surface area contributed by atoms with Crippen LogP contribution >= 0.6 is 0 Å². The van der Waals surface area contributed by atoms with Crippen LogP contribution in [0.1, 0.15) is 5.56 Å². The number of benzene rings is 1. The largest absolute Gasteiger partial charge is 0.434 e. The minimum Gasteiger partial charge on any atom is -0.432 e. The van der Waals surface area contributed by atoms with Gasteiger partial charge >= 0.3 is 11.6 Å². The normalized spacial score (nSPS) is 11.1. The van der Waals surface area contributed by atoms with Crippen LogP contribution in [0.25, 0.3) is 22.9 Å². The van der Waals surface area contributed by atoms with Crippen molar-refractivity contribution >= 4 is 11.1 Å². The lowest BCUT2D eigenvalue weighted by atomic mass is 10.2. The molecule has 0 aliphatic heterocycles. The molecule has 0 fully saturated rings. The minimum atomic E-state index is -0.631. The molecule has 0 spiro atoms. The summed E-state index contributed by atoms with van der Waals surface area (Å²) in [6.45, 7) is 1.93. The summed E-state index contributed by atoms with van der Waals surface area (Å²) < 4.78 is 10.2. The van der Waals surface area contributed by atoms with E-state index in [9.17, 15) is 4.79 Å². The van der Waals surface area contributed by atoms with Gasteiger partial charge in [0.05, 0.1) is 0 Å². The van der Waals surface area contributed by atoms with Crippen molar-refractivity contribution < 1.29 is 8.83 Å². The highest BCUT2D eigenvalue weighted by Crippen LogP contribution is 2.23. The summed E-state index contributed by atoms with van der Waals surface area (Å²) in [5.41, 5.74) is 2.37. The third-order valence-electron chi connectivity index (χ3n) is 2.24. The Bertz CT molecular complexity index is 707. The third kappa shape index (κ3) is 1.23. The van der Waals surface area contributed by atoms with E-state index < -0.39 is 5.76 Å². The first-order valence-corrected chi connectivity index (χ1v) is 4.66. The summed E-state index contributed by atoms with van der Waals surface area (Å²) in [4.78, 5) is 15.0. The molecule has 2 aromatic heterocycles. The first-order chi connectivity index (χ1) is 7.74. The fourth-order valence-corrected chi connectivity index (χ4v) is 1.50. The Morgan fingerprint density at radius 2 is 2.12 bits per heavy atom. The molecule has 1 N–H and O–H groups in total. The van der Waals surface area contributed by atoms with E-state index in [-0.39, 0.29) is 11.8 Å². The first kappa shape index (κ1) is 8.90. The van der Waals surface area contributed by atoms with Gasteiger partial charge in [0.15, 0.2) is 5.58 Å². The number of H-pyrrole nitrogens is 1. The van der Waals surface area contributed by atoms with E-state index in [0.29, 0.717) is 5.58 Å². The van der Waals surface area contributed by atoms with Gasteiger partial charge in [0.25, 0.3) is 5.89 Å². The van der Waals surface area contributed by atoms with Gasteiger partial charge in [-0.15, -0.1) is 5.10 Å². The molecule has 0 radical (unpaired) electrons. The fourth-order valence-electron chi connectivity index (χ4n) is 1.50. The zero-order chi connectivity index (χ0) is 11.1. The van der Waals surface area contributed by atoms with Gasteiger partial charge in [-0.3, -0.25) is 0 Å². The van der Waals surface area contributed by atoms with Crippen molar-refractivity contribution in [3.63, 3.8) is 0 Å². The number of nitrogens with one attached hydrogen (secondary N) is 1. The van der Waals surface area contributed by atoms with E-state index in [1.807, 2.05) is 19.1 Å². The lowest BCUT2D eigenvalue weighted by Crippen LogP contribution is -1.93. The molecule has 1 aromatic carbocycles. The third-order valence-corrected chi connectivity index (χ3v) is 2.24. The van der Waals surface area contributed by atoms with Gasteiger partial charge in [-0.25, -0.2) is 14.9 Å². The maximum Gasteiger partial charge on any atom is 0.434 e. The van der Waals surface area contributed by atoms with Crippen LogP contribution in [0, 0.1) is 6.92 Å². The predicted octanol–water partition coefficient (Wildman–Crippen LogP) is 1.48. The average molecular weight is 217 g/mol. The van der Waals surface area contributed by atoms with Crippen molar-refractivity contribution in [2.24, 2.45) is 0 Å². The second-order valence-corrected chi connectivity index (χ2v) is 3.36. The summed E-state index contributed by atoms with van der Waals surface area (Å²) in [5, 5.41) is 5.80. The SMILES string of the molecule is Cc1cccc2oc(-c3n[nH]c(=O)o3)nc12. The topological polar surface area (TPSA) is 84.9 Å². The van der Waals surface area contributed by atoms with Crippen LogP contribution in [0.3, 0.4) is 0 Å². The molecule has 0 amide bonds. The van der Waals surface area contributed by atoms with Gasteiger partial charge in [0, 0.05) is 0 Å². The van der Waals surface area contributed by atoms with E-state index in [1.165, 1.54) is 0 Å². The molecule has 0 atom stereocenters. The van der Waals surface area contributed by atoms with Crippen molar-refractivity contribution in [2.45, 2.75) is 6.92 Å². The second-order valence-electron chi connectivity index (χ2n) is 3.36. The predicted molar refractivity (Wildman–Crippen MR) is 54.9 cm³/mol. The van der Waals surface area contributed by atoms with Crippen molar-refractivity contribution in [3.8, 4) is 11.8 Å². The van der Waals surface area contributed by atoms with Gasteiger partial charge in [0.1, 0.15) is 5.52 Å². The zero-order valence-corrected chi connectivity index (χ0v) is 8.35. The van der Waals surface area contributed by atoms with E-state index in [0.717, 1.165) is 11.1 Å². The molecular weight excluding hydrogens is 210 g/mol. The molecule has 0 saturated heterocycles. The van der Waals surface area contributed by atoms with Crippen LogP contribution in [-0.4, -0.2) is 15.2 Å². The van der Waals surface area contributed by atoms with Gasteiger partial charge in [-0.2, -0.15) is 0 Å². The van der Waals surface area contributed by atoms with Gasteiger partial charge in [0.2, 0.25) is 0 Å². The molecule has 80 valence electrons. The van der Waals surface area contributed by atoms with Crippen LogP contribution in [-0.2, 0) is 0 Å². The highest BCUT2D eigenvalue weighted by atomic mass is 16.4. The molecule has 0 aliphatic carbocycles. The molecule has 0 saturated carbocycles. The van der Waals surface area contributed by atoms with Crippen molar-refractivity contribution in [1.82, 2.24) is 15.2 Å². The second kappa shape index (κ2) is 3.06. The molecule has 3 aromatic rings. The Labute approximate surface area is 88.9 Å². The number of aromatic nitrogens is 3. The van der Waals surface area contributed by atoms with E-state index in [2.05, 4.69) is 15.2 Å². The van der Waals surface area contributed by atoms with Gasteiger partial charge < -0.3 is 8.83 Å².